The van der Waals surface area contributed by atoms with E-state index in [4.69, 9.17) is 9.47 Å². The van der Waals surface area contributed by atoms with Crippen LogP contribution in [0.15, 0.2) is 66.8 Å². The van der Waals surface area contributed by atoms with Gasteiger partial charge in [-0.1, -0.05) is 36.4 Å². The standard InChI is InChI=1S/C17H19NO3.C15H10O4/c19-17(18-10-4-1-5-11-18)7-3-2-6-14-8-9-15-16(12-14)21-13-20-15;1-7-5-9-13(11(17)6-7)15(19)12-8(14(9)18)3-2-4-10(12)16/h2-3,6-9,12H,1,4-5,10-11,13H2;2-6,16-17H,1H3. The van der Waals surface area contributed by atoms with Gasteiger partial charge in [0.15, 0.2) is 17.3 Å². The Morgan fingerprint density at radius 3 is 2.38 bits per heavy atom. The van der Waals surface area contributed by atoms with Crippen LogP contribution in [-0.2, 0) is 4.79 Å². The van der Waals surface area contributed by atoms with E-state index in [2.05, 4.69) is 0 Å². The first kappa shape index (κ1) is 26.7. The number of benzene rings is 3. The molecule has 0 radical (unpaired) electrons. The third-order valence-electron chi connectivity index (χ3n) is 6.95. The van der Waals surface area contributed by atoms with Gasteiger partial charge in [0, 0.05) is 30.3 Å². The van der Waals surface area contributed by atoms with Crippen LogP contribution in [0, 0.1) is 6.92 Å². The van der Waals surface area contributed by atoms with Gasteiger partial charge in [-0.05, 0) is 67.6 Å². The molecular weight excluding hydrogens is 510 g/mol. The third kappa shape index (κ3) is 5.47. The SMILES string of the molecule is Cc1cc(O)c2c(c1)C(=O)c1cccc(O)c1C2=O.O=C(C=CC=Cc1ccc2c(c1)OCO2)N1CCCCC1. The summed E-state index contributed by atoms with van der Waals surface area (Å²) in [6.45, 7) is 3.78. The van der Waals surface area contributed by atoms with Gasteiger partial charge >= 0.3 is 0 Å². The highest BCUT2D eigenvalue weighted by atomic mass is 16.7. The van der Waals surface area contributed by atoms with Crippen LogP contribution in [0.1, 0.15) is 62.2 Å². The molecule has 0 saturated carbocycles. The summed E-state index contributed by atoms with van der Waals surface area (Å²) in [5, 5.41) is 19.6. The number of fused-ring (bicyclic) bond motifs is 3. The van der Waals surface area contributed by atoms with Crippen molar-refractivity contribution in [2.24, 2.45) is 0 Å². The number of carbonyl (C=O) groups excluding carboxylic acids is 3. The number of likely N-dealkylation sites (tertiary alicyclic amines) is 1. The minimum atomic E-state index is -0.528. The molecule has 40 heavy (non-hydrogen) atoms. The van der Waals surface area contributed by atoms with E-state index in [0.717, 1.165) is 43.0 Å². The molecule has 0 bridgehead atoms. The van der Waals surface area contributed by atoms with Gasteiger partial charge < -0.3 is 24.6 Å². The average Bonchev–Trinajstić information content (AvgIpc) is 3.42. The van der Waals surface area contributed by atoms with E-state index in [1.165, 1.54) is 30.7 Å². The number of piperidine rings is 1. The normalized spacial score (nSPS) is 15.6. The summed E-state index contributed by atoms with van der Waals surface area (Å²) in [6.07, 6.45) is 10.7. The maximum Gasteiger partial charge on any atom is 0.246 e. The van der Waals surface area contributed by atoms with Crippen LogP contribution in [0.25, 0.3) is 6.08 Å². The van der Waals surface area contributed by atoms with Gasteiger partial charge in [-0.2, -0.15) is 0 Å². The molecule has 8 heteroatoms. The number of allylic oxidation sites excluding steroid dienone is 2. The summed E-state index contributed by atoms with van der Waals surface area (Å²) in [7, 11) is 0. The number of ether oxygens (including phenoxy) is 2. The Morgan fingerprint density at radius 1 is 0.825 bits per heavy atom. The van der Waals surface area contributed by atoms with E-state index in [9.17, 15) is 24.6 Å². The van der Waals surface area contributed by atoms with Crippen LogP contribution in [0.3, 0.4) is 0 Å². The lowest BCUT2D eigenvalue weighted by Crippen LogP contribution is -2.34. The Bertz CT molecular complexity index is 1550. The summed E-state index contributed by atoms with van der Waals surface area (Å²) in [5.41, 5.74) is 1.99. The molecule has 3 aromatic rings. The summed E-state index contributed by atoms with van der Waals surface area (Å²) < 4.78 is 10.6. The fourth-order valence-electron chi connectivity index (χ4n) is 4.96. The summed E-state index contributed by atoms with van der Waals surface area (Å²) in [6, 6.07) is 13.1. The van der Waals surface area contributed by atoms with Crippen molar-refractivity contribution in [3.63, 3.8) is 0 Å². The van der Waals surface area contributed by atoms with Gasteiger partial charge in [0.2, 0.25) is 18.5 Å². The lowest BCUT2D eigenvalue weighted by atomic mass is 9.82. The van der Waals surface area contributed by atoms with E-state index in [1.54, 1.807) is 25.1 Å². The molecule has 3 aliphatic rings. The number of amides is 1. The van der Waals surface area contributed by atoms with E-state index < -0.39 is 5.78 Å². The van der Waals surface area contributed by atoms with E-state index >= 15 is 0 Å². The van der Waals surface area contributed by atoms with Crippen LogP contribution in [0.4, 0.5) is 0 Å². The Balaban J connectivity index is 0.000000162. The number of aromatic hydroxyl groups is 2. The number of phenolic OH excluding ortho intramolecular Hbond substituents is 2. The van der Waals surface area contributed by atoms with Gasteiger partial charge in [-0.25, -0.2) is 0 Å². The van der Waals surface area contributed by atoms with Crippen LogP contribution in [-0.4, -0.2) is 52.5 Å². The van der Waals surface area contributed by atoms with Crippen molar-refractivity contribution in [1.82, 2.24) is 4.90 Å². The minimum absolute atomic E-state index is 0.0374. The van der Waals surface area contributed by atoms with Crippen molar-refractivity contribution in [2.45, 2.75) is 26.2 Å². The zero-order valence-corrected chi connectivity index (χ0v) is 22.1. The van der Waals surface area contributed by atoms with Crippen molar-refractivity contribution in [1.29, 1.82) is 0 Å². The highest BCUT2D eigenvalue weighted by Crippen LogP contribution is 2.37. The lowest BCUT2D eigenvalue weighted by Gasteiger charge is -2.25. The zero-order chi connectivity index (χ0) is 28.2. The summed E-state index contributed by atoms with van der Waals surface area (Å²) >= 11 is 0. The molecule has 1 fully saturated rings. The fourth-order valence-corrected chi connectivity index (χ4v) is 4.96. The minimum Gasteiger partial charge on any atom is -0.507 e. The van der Waals surface area contributed by atoms with E-state index in [1.807, 2.05) is 35.3 Å². The summed E-state index contributed by atoms with van der Waals surface area (Å²) in [4.78, 5) is 38.5. The second-order valence-corrected chi connectivity index (χ2v) is 9.78. The maximum absolute atomic E-state index is 12.3. The predicted octanol–water partition coefficient (Wildman–Crippen LogP) is 5.18. The Labute approximate surface area is 231 Å². The van der Waals surface area contributed by atoms with Crippen molar-refractivity contribution >= 4 is 23.5 Å². The van der Waals surface area contributed by atoms with Crippen LogP contribution >= 0.6 is 0 Å². The first-order valence-corrected chi connectivity index (χ1v) is 13.1. The van der Waals surface area contributed by atoms with Gasteiger partial charge in [-0.15, -0.1) is 0 Å². The molecular formula is C32H29NO7. The second-order valence-electron chi connectivity index (χ2n) is 9.78. The van der Waals surface area contributed by atoms with Gasteiger partial charge in [-0.3, -0.25) is 14.4 Å². The summed E-state index contributed by atoms with van der Waals surface area (Å²) in [5.74, 6) is 0.280. The molecule has 2 heterocycles. The third-order valence-corrected chi connectivity index (χ3v) is 6.95. The number of ketones is 2. The van der Waals surface area contributed by atoms with Crippen molar-refractivity contribution in [3.05, 3.63) is 100 Å². The average molecular weight is 540 g/mol. The molecule has 0 aromatic heterocycles. The number of rotatable bonds is 3. The van der Waals surface area contributed by atoms with Crippen LogP contribution < -0.4 is 9.47 Å². The first-order valence-electron chi connectivity index (χ1n) is 13.1. The van der Waals surface area contributed by atoms with E-state index in [-0.39, 0.29) is 52.2 Å². The van der Waals surface area contributed by atoms with Crippen LogP contribution in [0.5, 0.6) is 23.0 Å². The highest BCUT2D eigenvalue weighted by Gasteiger charge is 2.34. The first-order chi connectivity index (χ1) is 19.3. The Morgan fingerprint density at radius 2 is 1.57 bits per heavy atom. The molecule has 0 unspecified atom stereocenters. The molecule has 0 atom stereocenters. The molecule has 0 spiro atoms. The van der Waals surface area contributed by atoms with Crippen molar-refractivity contribution < 1.29 is 34.1 Å². The van der Waals surface area contributed by atoms with E-state index in [0.29, 0.717) is 5.56 Å². The number of nitrogens with zero attached hydrogens (tertiary/aromatic N) is 1. The lowest BCUT2D eigenvalue weighted by molar-refractivity contribution is -0.126. The number of hydrogen-bond acceptors (Lipinski definition) is 7. The number of carbonyl (C=O) groups is 3. The molecule has 1 saturated heterocycles. The molecule has 3 aromatic carbocycles. The predicted molar refractivity (Wildman–Crippen MR) is 149 cm³/mol. The van der Waals surface area contributed by atoms with Crippen molar-refractivity contribution in [2.75, 3.05) is 19.9 Å². The number of aryl methyl sites for hydroxylation is 1. The van der Waals surface area contributed by atoms with Gasteiger partial charge in [0.25, 0.3) is 0 Å². The topological polar surface area (TPSA) is 113 Å². The van der Waals surface area contributed by atoms with Crippen molar-refractivity contribution in [3.8, 4) is 23.0 Å². The zero-order valence-electron chi connectivity index (χ0n) is 22.1. The monoisotopic (exact) mass is 539 g/mol. The Kier molecular flexibility index (Phi) is 7.68. The van der Waals surface area contributed by atoms with Gasteiger partial charge in [0.1, 0.15) is 11.5 Å². The van der Waals surface area contributed by atoms with Crippen LogP contribution in [0.2, 0.25) is 0 Å². The molecule has 2 aliphatic heterocycles. The number of hydrogen-bond donors (Lipinski definition) is 2. The highest BCUT2D eigenvalue weighted by molar-refractivity contribution is 6.30. The fraction of sp³-hybridized carbons (Fsp3) is 0.219. The number of phenols is 2. The molecule has 6 rings (SSSR count). The molecule has 8 nitrogen and oxygen atoms in total. The maximum atomic E-state index is 12.3. The largest absolute Gasteiger partial charge is 0.507 e. The van der Waals surface area contributed by atoms with Gasteiger partial charge in [0.05, 0.1) is 11.1 Å². The molecule has 2 N–H and O–H groups in total. The second kappa shape index (κ2) is 11.5. The Hall–Kier alpha value is -4.85. The quantitative estimate of drug-likeness (QED) is 0.272. The molecule has 204 valence electrons. The molecule has 1 aliphatic carbocycles. The molecule has 1 amide bonds. The smallest absolute Gasteiger partial charge is 0.246 e.